The average Bonchev–Trinajstić information content (AvgIpc) is 3.04. The van der Waals surface area contributed by atoms with E-state index in [1.165, 1.54) is 0 Å². The minimum Gasteiger partial charge on any atom is -0.370 e. The van der Waals surface area contributed by atoms with Crippen LogP contribution in [0.5, 0.6) is 0 Å². The molecule has 0 bridgehead atoms. The maximum Gasteiger partial charge on any atom is 0.260 e. The summed E-state index contributed by atoms with van der Waals surface area (Å²) in [5, 5.41) is 4.04. The van der Waals surface area contributed by atoms with Gasteiger partial charge in [0.1, 0.15) is 0 Å². The van der Waals surface area contributed by atoms with Crippen LogP contribution in [-0.4, -0.2) is 22.1 Å². The van der Waals surface area contributed by atoms with Gasteiger partial charge in [-0.3, -0.25) is 0 Å². The summed E-state index contributed by atoms with van der Waals surface area (Å²) in [7, 11) is 0. The molecule has 0 radical (unpaired) electrons. The van der Waals surface area contributed by atoms with Crippen LogP contribution in [-0.2, 0) is 0 Å². The number of hydrogen-bond donors (Lipinski definition) is 3. The predicted octanol–water partition coefficient (Wildman–Crippen LogP) is 1.93. The first-order valence-electron chi connectivity index (χ1n) is 7.47. The standard InChI is InChI=1S/C17H17N7O/c1-10-5-4-6-11(9-10)14-22-15(25-24-14)12-7-2-3-8-13(12)21-17(20)23-16(18)19/h2-9H,1H3,(H6,18,19,20,21,23). The Hall–Kier alpha value is -3.68. The lowest BCUT2D eigenvalue weighted by molar-refractivity contribution is 0.432. The number of aromatic nitrogens is 2. The number of hydrogen-bond acceptors (Lipinski definition) is 4. The lowest BCUT2D eigenvalue weighted by atomic mass is 10.1. The Morgan fingerprint density at radius 3 is 2.60 bits per heavy atom. The molecular formula is C17H17N7O. The highest BCUT2D eigenvalue weighted by molar-refractivity contribution is 5.94. The molecule has 1 heterocycles. The summed E-state index contributed by atoms with van der Waals surface area (Å²) in [5.74, 6) is 0.590. The lowest BCUT2D eigenvalue weighted by Gasteiger charge is -2.01. The van der Waals surface area contributed by atoms with Crippen LogP contribution in [0.1, 0.15) is 5.56 Å². The zero-order chi connectivity index (χ0) is 17.8. The molecule has 126 valence electrons. The van der Waals surface area contributed by atoms with Crippen LogP contribution >= 0.6 is 0 Å². The predicted molar refractivity (Wildman–Crippen MR) is 97.0 cm³/mol. The largest absolute Gasteiger partial charge is 0.370 e. The van der Waals surface area contributed by atoms with E-state index in [0.717, 1.165) is 11.1 Å². The van der Waals surface area contributed by atoms with Crippen LogP contribution < -0.4 is 17.2 Å². The van der Waals surface area contributed by atoms with Crippen LogP contribution in [0.4, 0.5) is 5.69 Å². The summed E-state index contributed by atoms with van der Waals surface area (Å²) in [4.78, 5) is 12.3. The fourth-order valence-electron chi connectivity index (χ4n) is 2.27. The fraction of sp³-hybridized carbons (Fsp3) is 0.0588. The summed E-state index contributed by atoms with van der Waals surface area (Å²) < 4.78 is 5.39. The Morgan fingerprint density at radius 2 is 1.84 bits per heavy atom. The van der Waals surface area contributed by atoms with E-state index in [2.05, 4.69) is 20.1 Å². The van der Waals surface area contributed by atoms with E-state index in [-0.39, 0.29) is 11.9 Å². The number of nitrogens with two attached hydrogens (primary N) is 3. The van der Waals surface area contributed by atoms with Gasteiger partial charge in [0.2, 0.25) is 11.8 Å². The summed E-state index contributed by atoms with van der Waals surface area (Å²) in [6.45, 7) is 2.00. The number of nitrogens with zero attached hydrogens (tertiary/aromatic N) is 4. The molecule has 8 heteroatoms. The summed E-state index contributed by atoms with van der Waals surface area (Å²) >= 11 is 0. The Balaban J connectivity index is 2.00. The maximum absolute atomic E-state index is 5.70. The van der Waals surface area contributed by atoms with Crippen molar-refractivity contribution in [1.82, 2.24) is 10.1 Å². The number of guanidine groups is 2. The molecule has 3 rings (SSSR count). The van der Waals surface area contributed by atoms with Gasteiger partial charge in [-0.15, -0.1) is 0 Å². The highest BCUT2D eigenvalue weighted by Crippen LogP contribution is 2.30. The van der Waals surface area contributed by atoms with Crippen molar-refractivity contribution in [3.05, 3.63) is 54.1 Å². The second-order valence-electron chi connectivity index (χ2n) is 5.32. The van der Waals surface area contributed by atoms with E-state index in [4.69, 9.17) is 21.7 Å². The van der Waals surface area contributed by atoms with Crippen molar-refractivity contribution < 1.29 is 4.52 Å². The van der Waals surface area contributed by atoms with Gasteiger partial charge in [-0.1, -0.05) is 41.1 Å². The van der Waals surface area contributed by atoms with Gasteiger partial charge in [0.25, 0.3) is 5.89 Å². The van der Waals surface area contributed by atoms with Gasteiger partial charge in [0.15, 0.2) is 5.96 Å². The highest BCUT2D eigenvalue weighted by atomic mass is 16.5. The monoisotopic (exact) mass is 335 g/mol. The Bertz CT molecular complexity index is 955. The van der Waals surface area contributed by atoms with Gasteiger partial charge in [-0.25, -0.2) is 4.99 Å². The molecule has 0 amide bonds. The first-order valence-corrected chi connectivity index (χ1v) is 7.47. The molecule has 0 aliphatic rings. The summed E-state index contributed by atoms with van der Waals surface area (Å²) in [5.41, 5.74) is 19.4. The topological polar surface area (TPSA) is 142 Å². The molecule has 0 saturated carbocycles. The maximum atomic E-state index is 5.70. The number of aliphatic imine (C=N–C) groups is 2. The van der Waals surface area contributed by atoms with E-state index in [1.54, 1.807) is 12.1 Å². The summed E-state index contributed by atoms with van der Waals surface area (Å²) in [6, 6.07) is 15.0. The zero-order valence-electron chi connectivity index (χ0n) is 13.5. The summed E-state index contributed by atoms with van der Waals surface area (Å²) in [6.07, 6.45) is 0. The van der Waals surface area contributed by atoms with Gasteiger partial charge in [0.05, 0.1) is 11.3 Å². The van der Waals surface area contributed by atoms with Crippen molar-refractivity contribution in [2.75, 3.05) is 0 Å². The van der Waals surface area contributed by atoms with Gasteiger partial charge in [-0.05, 0) is 25.1 Å². The van der Waals surface area contributed by atoms with Gasteiger partial charge in [-0.2, -0.15) is 9.98 Å². The molecule has 0 fully saturated rings. The molecule has 0 aliphatic carbocycles. The molecule has 8 nitrogen and oxygen atoms in total. The number of aryl methyl sites for hydroxylation is 1. The second kappa shape index (κ2) is 6.83. The average molecular weight is 335 g/mol. The fourth-order valence-corrected chi connectivity index (χ4v) is 2.27. The first kappa shape index (κ1) is 16.2. The molecule has 0 atom stereocenters. The molecule has 6 N–H and O–H groups in total. The number of rotatable bonds is 3. The van der Waals surface area contributed by atoms with Crippen molar-refractivity contribution >= 4 is 17.6 Å². The van der Waals surface area contributed by atoms with E-state index >= 15 is 0 Å². The van der Waals surface area contributed by atoms with Crippen LogP contribution in [0.15, 0.2) is 63.0 Å². The quantitative estimate of drug-likeness (QED) is 0.493. The molecule has 0 saturated heterocycles. The minimum absolute atomic E-state index is 0.0640. The van der Waals surface area contributed by atoms with E-state index in [0.29, 0.717) is 23.0 Å². The molecule has 3 aromatic rings. The Labute approximate surface area is 144 Å². The van der Waals surface area contributed by atoms with E-state index < -0.39 is 0 Å². The normalized spacial score (nSPS) is 11.3. The molecule has 0 aliphatic heterocycles. The lowest BCUT2D eigenvalue weighted by Crippen LogP contribution is -2.26. The Morgan fingerprint density at radius 1 is 1.04 bits per heavy atom. The molecule has 1 aromatic heterocycles. The zero-order valence-corrected chi connectivity index (χ0v) is 13.5. The third kappa shape index (κ3) is 3.81. The van der Waals surface area contributed by atoms with Crippen molar-refractivity contribution in [2.24, 2.45) is 27.2 Å². The van der Waals surface area contributed by atoms with Crippen molar-refractivity contribution in [3.8, 4) is 22.8 Å². The molecule has 0 spiro atoms. The van der Waals surface area contributed by atoms with Gasteiger partial charge < -0.3 is 21.7 Å². The van der Waals surface area contributed by atoms with Crippen molar-refractivity contribution in [2.45, 2.75) is 6.92 Å². The highest BCUT2D eigenvalue weighted by Gasteiger charge is 2.14. The molecule has 2 aromatic carbocycles. The first-order chi connectivity index (χ1) is 12.0. The van der Waals surface area contributed by atoms with Gasteiger partial charge in [0, 0.05) is 5.56 Å². The van der Waals surface area contributed by atoms with Crippen LogP contribution in [0.3, 0.4) is 0 Å². The van der Waals surface area contributed by atoms with Crippen LogP contribution in [0.2, 0.25) is 0 Å². The smallest absolute Gasteiger partial charge is 0.260 e. The van der Waals surface area contributed by atoms with E-state index in [1.807, 2.05) is 43.3 Å². The van der Waals surface area contributed by atoms with Crippen molar-refractivity contribution in [3.63, 3.8) is 0 Å². The molecular weight excluding hydrogens is 318 g/mol. The third-order valence-electron chi connectivity index (χ3n) is 3.32. The molecule has 0 unspecified atom stereocenters. The number of para-hydroxylation sites is 1. The van der Waals surface area contributed by atoms with E-state index in [9.17, 15) is 0 Å². The Kier molecular flexibility index (Phi) is 4.42. The minimum atomic E-state index is -0.168. The van der Waals surface area contributed by atoms with Crippen LogP contribution in [0.25, 0.3) is 22.8 Å². The van der Waals surface area contributed by atoms with Crippen LogP contribution in [0, 0.1) is 6.92 Å². The molecule has 25 heavy (non-hydrogen) atoms. The number of benzene rings is 2. The third-order valence-corrected chi connectivity index (χ3v) is 3.32. The second-order valence-corrected chi connectivity index (χ2v) is 5.32. The van der Waals surface area contributed by atoms with Crippen molar-refractivity contribution in [1.29, 1.82) is 0 Å². The SMILES string of the molecule is Cc1cccc(-c2noc(-c3ccccc3N=C(N)N=C(N)N)n2)c1. The van der Waals surface area contributed by atoms with Gasteiger partial charge >= 0.3 is 0 Å².